The Morgan fingerprint density at radius 2 is 1.71 bits per heavy atom. The van der Waals surface area contributed by atoms with E-state index in [1.807, 2.05) is 30.6 Å². The molecule has 0 N–H and O–H groups in total. The maximum atomic E-state index is 4.61. The summed E-state index contributed by atoms with van der Waals surface area (Å²) in [6, 6.07) is 16.8. The molecule has 0 aliphatic heterocycles. The molecule has 0 bridgehead atoms. The van der Waals surface area contributed by atoms with Crippen LogP contribution in [0.25, 0.3) is 32.9 Å². The Morgan fingerprint density at radius 3 is 2.54 bits per heavy atom. The predicted octanol–water partition coefficient (Wildman–Crippen LogP) is 5.86. The molecular weight excluding hydrogens is 312 g/mol. The monoisotopic (exact) mass is 330 g/mol. The molecule has 0 saturated carbocycles. The van der Waals surface area contributed by atoms with E-state index < -0.39 is 0 Å². The third-order valence-electron chi connectivity index (χ3n) is 4.36. The Labute approximate surface area is 147 Å². The first-order valence-corrected chi connectivity index (χ1v) is 8.54. The van der Waals surface area contributed by atoms with Gasteiger partial charge in [0.05, 0.1) is 11.0 Å². The Morgan fingerprint density at radius 1 is 0.875 bits per heavy atom. The molecule has 0 aliphatic rings. The van der Waals surface area contributed by atoms with E-state index in [1.165, 1.54) is 16.5 Å². The second kappa shape index (κ2) is 5.91. The Balaban J connectivity index is 1.94. The molecule has 0 spiro atoms. The zero-order valence-electron chi connectivity index (χ0n) is 13.7. The van der Waals surface area contributed by atoms with E-state index in [1.54, 1.807) is 0 Å². The summed E-state index contributed by atoms with van der Waals surface area (Å²) in [4.78, 5) is 10.1. The SMILES string of the molecule is CC(C)c1cc(-c2cnc3cc(S)ccc3c2)cc2cccnc12. The maximum absolute atomic E-state index is 4.61. The van der Waals surface area contributed by atoms with Gasteiger partial charge in [-0.3, -0.25) is 9.97 Å². The van der Waals surface area contributed by atoms with Crippen molar-refractivity contribution in [1.29, 1.82) is 0 Å². The summed E-state index contributed by atoms with van der Waals surface area (Å²) >= 11 is 4.39. The average Bonchev–Trinajstić information content (AvgIpc) is 2.60. The molecule has 0 fully saturated rings. The Hall–Kier alpha value is -2.39. The summed E-state index contributed by atoms with van der Waals surface area (Å²) in [5.74, 6) is 0.419. The molecule has 0 saturated heterocycles. The Kier molecular flexibility index (Phi) is 3.73. The van der Waals surface area contributed by atoms with Crippen molar-refractivity contribution in [2.45, 2.75) is 24.7 Å². The van der Waals surface area contributed by atoms with Gasteiger partial charge in [0.25, 0.3) is 0 Å². The molecule has 2 aromatic heterocycles. The van der Waals surface area contributed by atoms with E-state index in [0.717, 1.165) is 26.9 Å². The molecule has 0 aliphatic carbocycles. The molecule has 0 amide bonds. The number of fused-ring (bicyclic) bond motifs is 2. The minimum absolute atomic E-state index is 0.419. The summed E-state index contributed by atoms with van der Waals surface area (Å²) in [6.07, 6.45) is 3.80. The first kappa shape index (κ1) is 15.2. The molecule has 2 nitrogen and oxygen atoms in total. The van der Waals surface area contributed by atoms with Crippen molar-refractivity contribution in [3.8, 4) is 11.1 Å². The topological polar surface area (TPSA) is 25.8 Å². The number of nitrogens with zero attached hydrogens (tertiary/aromatic N) is 2. The first-order chi connectivity index (χ1) is 11.6. The van der Waals surface area contributed by atoms with Crippen molar-refractivity contribution < 1.29 is 0 Å². The van der Waals surface area contributed by atoms with Crippen molar-refractivity contribution in [3.05, 3.63) is 66.5 Å². The normalized spacial score (nSPS) is 11.5. The van der Waals surface area contributed by atoms with Gasteiger partial charge in [-0.05, 0) is 53.4 Å². The fourth-order valence-corrected chi connectivity index (χ4v) is 3.29. The zero-order valence-corrected chi connectivity index (χ0v) is 14.6. The number of hydrogen-bond donors (Lipinski definition) is 1. The molecule has 0 radical (unpaired) electrons. The van der Waals surface area contributed by atoms with Crippen LogP contribution in [0.5, 0.6) is 0 Å². The van der Waals surface area contributed by atoms with Gasteiger partial charge < -0.3 is 0 Å². The summed E-state index contributed by atoms with van der Waals surface area (Å²) in [6.45, 7) is 4.42. The van der Waals surface area contributed by atoms with Gasteiger partial charge in [0.2, 0.25) is 0 Å². The van der Waals surface area contributed by atoms with Crippen molar-refractivity contribution in [3.63, 3.8) is 0 Å². The maximum Gasteiger partial charge on any atom is 0.0736 e. The molecule has 3 heteroatoms. The highest BCUT2D eigenvalue weighted by molar-refractivity contribution is 7.80. The second-order valence-corrected chi connectivity index (χ2v) is 6.91. The lowest BCUT2D eigenvalue weighted by atomic mass is 9.94. The smallest absolute Gasteiger partial charge is 0.0736 e. The minimum atomic E-state index is 0.419. The van der Waals surface area contributed by atoms with E-state index in [2.05, 4.69) is 66.8 Å². The lowest BCUT2D eigenvalue weighted by molar-refractivity contribution is 0.873. The number of rotatable bonds is 2. The van der Waals surface area contributed by atoms with Gasteiger partial charge in [-0.15, -0.1) is 12.6 Å². The third-order valence-corrected chi connectivity index (χ3v) is 4.64. The molecule has 0 unspecified atom stereocenters. The third kappa shape index (κ3) is 2.65. The highest BCUT2D eigenvalue weighted by atomic mass is 32.1. The first-order valence-electron chi connectivity index (χ1n) is 8.09. The van der Waals surface area contributed by atoms with Crippen molar-refractivity contribution in [1.82, 2.24) is 9.97 Å². The molecule has 4 aromatic rings. The van der Waals surface area contributed by atoms with Gasteiger partial charge >= 0.3 is 0 Å². The highest BCUT2D eigenvalue weighted by Crippen LogP contribution is 2.31. The van der Waals surface area contributed by atoms with Crippen LogP contribution in [-0.2, 0) is 0 Å². The van der Waals surface area contributed by atoms with Crippen molar-refractivity contribution in [2.75, 3.05) is 0 Å². The van der Waals surface area contributed by atoms with Crippen molar-refractivity contribution in [2.24, 2.45) is 0 Å². The van der Waals surface area contributed by atoms with Crippen LogP contribution in [0.4, 0.5) is 0 Å². The molecule has 2 aromatic carbocycles. The van der Waals surface area contributed by atoms with Gasteiger partial charge in [0, 0.05) is 33.6 Å². The fourth-order valence-electron chi connectivity index (χ4n) is 3.09. The van der Waals surface area contributed by atoms with E-state index in [4.69, 9.17) is 0 Å². The number of pyridine rings is 2. The van der Waals surface area contributed by atoms with Crippen LogP contribution in [0.1, 0.15) is 25.3 Å². The molecule has 118 valence electrons. The predicted molar refractivity (Wildman–Crippen MR) is 104 cm³/mol. The van der Waals surface area contributed by atoms with Crippen LogP contribution in [0.15, 0.2) is 65.8 Å². The molecule has 4 rings (SSSR count). The van der Waals surface area contributed by atoms with E-state index in [-0.39, 0.29) is 0 Å². The lowest BCUT2D eigenvalue weighted by Gasteiger charge is -2.13. The van der Waals surface area contributed by atoms with Gasteiger partial charge in [-0.2, -0.15) is 0 Å². The van der Waals surface area contributed by atoms with E-state index in [0.29, 0.717) is 5.92 Å². The fraction of sp³-hybridized carbons (Fsp3) is 0.143. The largest absolute Gasteiger partial charge is 0.256 e. The lowest BCUT2D eigenvalue weighted by Crippen LogP contribution is -1.94. The minimum Gasteiger partial charge on any atom is -0.256 e. The molecule has 2 heterocycles. The molecule has 24 heavy (non-hydrogen) atoms. The van der Waals surface area contributed by atoms with Crippen LogP contribution in [0, 0.1) is 0 Å². The zero-order chi connectivity index (χ0) is 16.7. The average molecular weight is 330 g/mol. The summed E-state index contributed by atoms with van der Waals surface area (Å²) < 4.78 is 0. The standard InChI is InChI=1S/C21H18N2S/c1-13(2)19-10-16(9-15-4-3-7-22-21(15)19)17-8-14-5-6-18(24)11-20(14)23-12-17/h3-13,24H,1-2H3. The number of thiol groups is 1. The van der Waals surface area contributed by atoms with Gasteiger partial charge in [-0.25, -0.2) is 0 Å². The second-order valence-electron chi connectivity index (χ2n) is 6.40. The Bertz CT molecular complexity index is 1050. The van der Waals surface area contributed by atoms with Crippen LogP contribution < -0.4 is 0 Å². The van der Waals surface area contributed by atoms with Gasteiger partial charge in [0.1, 0.15) is 0 Å². The highest BCUT2D eigenvalue weighted by Gasteiger charge is 2.10. The van der Waals surface area contributed by atoms with Crippen LogP contribution in [0.3, 0.4) is 0 Å². The van der Waals surface area contributed by atoms with Crippen molar-refractivity contribution >= 4 is 34.4 Å². The van der Waals surface area contributed by atoms with Crippen LogP contribution in [-0.4, -0.2) is 9.97 Å². The summed E-state index contributed by atoms with van der Waals surface area (Å²) in [5, 5.41) is 2.30. The van der Waals surface area contributed by atoms with Gasteiger partial charge in [-0.1, -0.05) is 26.0 Å². The summed E-state index contributed by atoms with van der Waals surface area (Å²) in [7, 11) is 0. The van der Waals surface area contributed by atoms with Crippen LogP contribution >= 0.6 is 12.6 Å². The van der Waals surface area contributed by atoms with Gasteiger partial charge in [0.15, 0.2) is 0 Å². The van der Waals surface area contributed by atoms with Crippen LogP contribution in [0.2, 0.25) is 0 Å². The van der Waals surface area contributed by atoms with E-state index >= 15 is 0 Å². The van der Waals surface area contributed by atoms with E-state index in [9.17, 15) is 0 Å². The number of hydrogen-bond acceptors (Lipinski definition) is 3. The summed E-state index contributed by atoms with van der Waals surface area (Å²) in [5.41, 5.74) is 5.64. The number of benzene rings is 2. The molecular formula is C21H18N2S. The molecule has 0 atom stereocenters. The quantitative estimate of drug-likeness (QED) is 0.466. The number of aromatic nitrogens is 2.